The Morgan fingerprint density at radius 1 is 1.15 bits per heavy atom. The van der Waals surface area contributed by atoms with Crippen molar-refractivity contribution >= 4 is 9.24 Å². The minimum atomic E-state index is 0.453. The van der Waals surface area contributed by atoms with Gasteiger partial charge < -0.3 is 0 Å². The third-order valence-electron chi connectivity index (χ3n) is 3.57. The maximum absolute atomic E-state index is 3.04. The summed E-state index contributed by atoms with van der Waals surface area (Å²) in [5.74, 6) is 1.58. The van der Waals surface area contributed by atoms with Gasteiger partial charge in [0.1, 0.15) is 0 Å². The Morgan fingerprint density at radius 2 is 1.62 bits per heavy atom. The fraction of sp³-hybridized carbons (Fsp3) is 1.00. The Labute approximate surface area is 87.1 Å². The van der Waals surface area contributed by atoms with E-state index in [2.05, 4.69) is 50.8 Å². The van der Waals surface area contributed by atoms with Gasteiger partial charge >= 0.3 is 0 Å². The molecule has 0 aliphatic carbocycles. The summed E-state index contributed by atoms with van der Waals surface area (Å²) in [6.45, 7) is 14.1. The molecule has 0 radical (unpaired) electrons. The van der Waals surface area contributed by atoms with Crippen molar-refractivity contribution < 1.29 is 0 Å². The summed E-state index contributed by atoms with van der Waals surface area (Å²) in [7, 11) is 3.04. The van der Waals surface area contributed by atoms with Gasteiger partial charge in [-0.05, 0) is 22.9 Å². The molecule has 0 nitrogen and oxygen atoms in total. The van der Waals surface area contributed by atoms with Gasteiger partial charge in [-0.3, -0.25) is 0 Å². The minimum Gasteiger partial charge on any atom is -0.134 e. The number of hydrogen-bond donors (Lipinski definition) is 0. The van der Waals surface area contributed by atoms with Crippen LogP contribution in [0.1, 0.15) is 54.4 Å². The van der Waals surface area contributed by atoms with Gasteiger partial charge in [-0.25, -0.2) is 0 Å². The zero-order valence-electron chi connectivity index (χ0n) is 10.2. The number of rotatable bonds is 5. The zero-order chi connectivity index (χ0) is 10.6. The van der Waals surface area contributed by atoms with Crippen molar-refractivity contribution in [1.82, 2.24) is 0 Å². The molecule has 3 unspecified atom stereocenters. The van der Waals surface area contributed by atoms with Crippen LogP contribution in [0.15, 0.2) is 0 Å². The van der Waals surface area contributed by atoms with E-state index in [-0.39, 0.29) is 0 Å². The topological polar surface area (TPSA) is 0 Å². The summed E-state index contributed by atoms with van der Waals surface area (Å²) in [5.41, 5.74) is 1.18. The van der Waals surface area contributed by atoms with E-state index >= 15 is 0 Å². The summed E-state index contributed by atoms with van der Waals surface area (Å²) < 4.78 is 0. The largest absolute Gasteiger partial charge is 0.134 e. The highest BCUT2D eigenvalue weighted by Gasteiger charge is 2.32. The summed E-state index contributed by atoms with van der Waals surface area (Å²) in [6.07, 6.45) is 2.66. The molecule has 1 heteroatoms. The maximum atomic E-state index is 3.04. The van der Waals surface area contributed by atoms with Gasteiger partial charge in [0.05, 0.1) is 0 Å². The van der Waals surface area contributed by atoms with E-state index in [4.69, 9.17) is 0 Å². The van der Waals surface area contributed by atoms with Crippen LogP contribution in [0.3, 0.4) is 0 Å². The molecular formula is C12H27P. The van der Waals surface area contributed by atoms with E-state index in [0.29, 0.717) is 5.41 Å². The van der Waals surface area contributed by atoms with Crippen molar-refractivity contribution in [1.29, 1.82) is 0 Å². The molecule has 0 N–H and O–H groups in total. The van der Waals surface area contributed by atoms with Crippen LogP contribution in [-0.4, -0.2) is 5.66 Å². The molecule has 0 aromatic carbocycles. The molecule has 0 aliphatic heterocycles. The molecule has 0 rings (SSSR count). The monoisotopic (exact) mass is 202 g/mol. The van der Waals surface area contributed by atoms with Gasteiger partial charge in [-0.1, -0.05) is 54.4 Å². The van der Waals surface area contributed by atoms with Crippen LogP contribution in [0.2, 0.25) is 0 Å². The molecule has 13 heavy (non-hydrogen) atoms. The first-order chi connectivity index (χ1) is 5.84. The van der Waals surface area contributed by atoms with Crippen molar-refractivity contribution in [2.24, 2.45) is 17.3 Å². The highest BCUT2D eigenvalue weighted by molar-refractivity contribution is 7.17. The molecule has 0 heterocycles. The molecule has 0 fully saturated rings. The van der Waals surface area contributed by atoms with Gasteiger partial charge in [0, 0.05) is 0 Å². The molecule has 0 saturated carbocycles. The normalized spacial score (nSPS) is 17.5. The average Bonchev–Trinajstić information content (AvgIpc) is 2.03. The van der Waals surface area contributed by atoms with Crippen LogP contribution in [0.4, 0.5) is 0 Å². The minimum absolute atomic E-state index is 0.453. The van der Waals surface area contributed by atoms with Crippen LogP contribution >= 0.6 is 9.24 Å². The third kappa shape index (κ3) is 3.58. The lowest BCUT2D eigenvalue weighted by molar-refractivity contribution is 0.184. The maximum Gasteiger partial charge on any atom is -0.0187 e. The van der Waals surface area contributed by atoms with Crippen LogP contribution in [0, 0.1) is 17.3 Å². The van der Waals surface area contributed by atoms with Gasteiger partial charge in [0.2, 0.25) is 0 Å². The molecule has 0 amide bonds. The average molecular weight is 202 g/mol. The van der Waals surface area contributed by atoms with E-state index in [9.17, 15) is 0 Å². The third-order valence-corrected chi connectivity index (χ3v) is 5.20. The van der Waals surface area contributed by atoms with E-state index in [1.54, 1.807) is 0 Å². The van der Waals surface area contributed by atoms with Crippen LogP contribution < -0.4 is 0 Å². The summed E-state index contributed by atoms with van der Waals surface area (Å²) >= 11 is 0. The first-order valence-electron chi connectivity index (χ1n) is 5.59. The molecule has 0 bridgehead atoms. The van der Waals surface area contributed by atoms with Crippen LogP contribution in [0.5, 0.6) is 0 Å². The SMILES string of the molecule is CCCC(C)C(C)(C)C(P)C(C)C. The first kappa shape index (κ1) is 13.4. The molecule has 3 atom stereocenters. The second kappa shape index (κ2) is 5.35. The lowest BCUT2D eigenvalue weighted by Gasteiger charge is -2.39. The Balaban J connectivity index is 4.35. The molecule has 80 valence electrons. The van der Waals surface area contributed by atoms with Crippen molar-refractivity contribution in [3.05, 3.63) is 0 Å². The lowest BCUT2D eigenvalue weighted by Crippen LogP contribution is -2.34. The fourth-order valence-corrected chi connectivity index (χ4v) is 2.32. The van der Waals surface area contributed by atoms with E-state index < -0.39 is 0 Å². The first-order valence-corrected chi connectivity index (χ1v) is 6.26. The molecule has 0 spiro atoms. The Hall–Kier alpha value is 0.430. The Kier molecular flexibility index (Phi) is 5.52. The second-order valence-electron chi connectivity index (χ2n) is 5.28. The van der Waals surface area contributed by atoms with Crippen molar-refractivity contribution in [3.63, 3.8) is 0 Å². The van der Waals surface area contributed by atoms with Gasteiger partial charge in [0.15, 0.2) is 0 Å². The highest BCUT2D eigenvalue weighted by Crippen LogP contribution is 2.40. The molecule has 0 aromatic heterocycles. The van der Waals surface area contributed by atoms with Gasteiger partial charge in [-0.2, -0.15) is 0 Å². The standard InChI is InChI=1S/C12H27P/c1-7-8-10(4)12(5,6)11(13)9(2)3/h9-11H,7-8,13H2,1-6H3. The van der Waals surface area contributed by atoms with E-state index in [0.717, 1.165) is 17.5 Å². The zero-order valence-corrected chi connectivity index (χ0v) is 11.4. The van der Waals surface area contributed by atoms with Gasteiger partial charge in [-0.15, -0.1) is 9.24 Å². The van der Waals surface area contributed by atoms with E-state index in [1.165, 1.54) is 12.8 Å². The van der Waals surface area contributed by atoms with E-state index in [1.807, 2.05) is 0 Å². The number of hydrogen-bond acceptors (Lipinski definition) is 0. The fourth-order valence-electron chi connectivity index (χ4n) is 1.99. The van der Waals surface area contributed by atoms with Crippen molar-refractivity contribution in [2.45, 2.75) is 60.0 Å². The van der Waals surface area contributed by atoms with Crippen molar-refractivity contribution in [3.8, 4) is 0 Å². The second-order valence-corrected chi connectivity index (χ2v) is 6.00. The predicted octanol–water partition coefficient (Wildman–Crippen LogP) is 4.35. The Morgan fingerprint density at radius 3 is 1.92 bits per heavy atom. The molecular weight excluding hydrogens is 175 g/mol. The quantitative estimate of drug-likeness (QED) is 0.581. The van der Waals surface area contributed by atoms with Crippen molar-refractivity contribution in [2.75, 3.05) is 0 Å². The Bertz CT molecular complexity index is 138. The predicted molar refractivity (Wildman–Crippen MR) is 66.2 cm³/mol. The smallest absolute Gasteiger partial charge is 0.0187 e. The molecule has 0 aromatic rings. The summed E-state index contributed by atoms with van der Waals surface area (Å²) in [5, 5.41) is 0. The lowest BCUT2D eigenvalue weighted by atomic mass is 9.72. The summed E-state index contributed by atoms with van der Waals surface area (Å²) in [4.78, 5) is 0. The molecule has 0 saturated heterocycles. The van der Waals surface area contributed by atoms with Crippen LogP contribution in [-0.2, 0) is 0 Å². The highest BCUT2D eigenvalue weighted by atomic mass is 31.0. The van der Waals surface area contributed by atoms with Gasteiger partial charge in [0.25, 0.3) is 0 Å². The van der Waals surface area contributed by atoms with Crippen LogP contribution in [0.25, 0.3) is 0 Å². The molecule has 0 aliphatic rings. The summed E-state index contributed by atoms with van der Waals surface area (Å²) in [6, 6.07) is 0.